The SMILES string of the molecule is CC(C)C[C@@H]1[C@@H](Cc2ccc(C(F)(F)F)cc2)CCC[C@H](N)C(=O)O[C@H]1C.Cl. The first-order valence-corrected chi connectivity index (χ1v) is 9.70. The molecule has 0 aliphatic carbocycles. The number of alkyl halides is 3. The molecule has 3 nitrogen and oxygen atoms in total. The van der Waals surface area contributed by atoms with Gasteiger partial charge in [-0.3, -0.25) is 4.79 Å². The van der Waals surface area contributed by atoms with Gasteiger partial charge in [0, 0.05) is 0 Å². The maximum absolute atomic E-state index is 12.8. The van der Waals surface area contributed by atoms with Crippen molar-refractivity contribution in [3.05, 3.63) is 35.4 Å². The van der Waals surface area contributed by atoms with E-state index in [1.54, 1.807) is 12.1 Å². The van der Waals surface area contributed by atoms with Gasteiger partial charge in [0.05, 0.1) is 5.56 Å². The summed E-state index contributed by atoms with van der Waals surface area (Å²) in [6.45, 7) is 6.16. The van der Waals surface area contributed by atoms with E-state index in [4.69, 9.17) is 10.5 Å². The van der Waals surface area contributed by atoms with E-state index in [9.17, 15) is 18.0 Å². The molecule has 0 amide bonds. The average Bonchev–Trinajstić information content (AvgIpc) is 2.61. The molecule has 1 aliphatic heterocycles. The van der Waals surface area contributed by atoms with Gasteiger partial charge in [-0.1, -0.05) is 32.4 Å². The van der Waals surface area contributed by atoms with Crippen LogP contribution in [0.2, 0.25) is 0 Å². The van der Waals surface area contributed by atoms with E-state index in [2.05, 4.69) is 13.8 Å². The fourth-order valence-corrected chi connectivity index (χ4v) is 3.99. The molecular formula is C21H31ClF3NO2. The first-order chi connectivity index (χ1) is 12.6. The Hall–Kier alpha value is -1.27. The summed E-state index contributed by atoms with van der Waals surface area (Å²) in [6, 6.07) is 4.80. The number of nitrogens with two attached hydrogens (primary N) is 1. The van der Waals surface area contributed by atoms with Gasteiger partial charge in [-0.2, -0.15) is 13.2 Å². The van der Waals surface area contributed by atoms with Crippen LogP contribution in [0.1, 0.15) is 57.6 Å². The summed E-state index contributed by atoms with van der Waals surface area (Å²) in [5.41, 5.74) is 6.15. The molecule has 0 unspecified atom stereocenters. The lowest BCUT2D eigenvalue weighted by Gasteiger charge is -2.32. The summed E-state index contributed by atoms with van der Waals surface area (Å²) in [5, 5.41) is 0. The molecule has 160 valence electrons. The number of ether oxygens (including phenoxy) is 1. The second-order valence-electron chi connectivity index (χ2n) is 8.13. The van der Waals surface area contributed by atoms with Crippen LogP contribution in [0.4, 0.5) is 13.2 Å². The average molecular weight is 422 g/mol. The van der Waals surface area contributed by atoms with Crippen LogP contribution in [0.3, 0.4) is 0 Å². The van der Waals surface area contributed by atoms with Crippen LogP contribution in [-0.2, 0) is 22.1 Å². The van der Waals surface area contributed by atoms with Crippen LogP contribution < -0.4 is 5.73 Å². The van der Waals surface area contributed by atoms with E-state index >= 15 is 0 Å². The van der Waals surface area contributed by atoms with Crippen LogP contribution >= 0.6 is 12.4 Å². The summed E-state index contributed by atoms with van der Waals surface area (Å²) in [6.07, 6.45) is -0.750. The Bertz CT molecular complexity index is 619. The molecule has 0 aromatic heterocycles. The zero-order valence-corrected chi connectivity index (χ0v) is 17.5. The first-order valence-electron chi connectivity index (χ1n) is 9.70. The van der Waals surface area contributed by atoms with E-state index in [0.29, 0.717) is 18.8 Å². The minimum atomic E-state index is -4.32. The lowest BCUT2D eigenvalue weighted by atomic mass is 9.76. The maximum atomic E-state index is 12.8. The van der Waals surface area contributed by atoms with Gasteiger partial charge in [0.2, 0.25) is 0 Å². The molecular weight excluding hydrogens is 391 g/mol. The smallest absolute Gasteiger partial charge is 0.416 e. The third-order valence-corrected chi connectivity index (χ3v) is 5.43. The van der Waals surface area contributed by atoms with Crippen LogP contribution in [-0.4, -0.2) is 18.1 Å². The number of carbonyl (C=O) groups excluding carboxylic acids is 1. The van der Waals surface area contributed by atoms with Gasteiger partial charge in [-0.15, -0.1) is 12.4 Å². The third kappa shape index (κ3) is 6.96. The predicted octanol–water partition coefficient (Wildman–Crippen LogP) is 5.39. The molecule has 28 heavy (non-hydrogen) atoms. The van der Waals surface area contributed by atoms with Crippen molar-refractivity contribution in [3.63, 3.8) is 0 Å². The van der Waals surface area contributed by atoms with Crippen molar-refractivity contribution in [2.45, 2.75) is 71.2 Å². The molecule has 1 aliphatic rings. The highest BCUT2D eigenvalue weighted by atomic mass is 35.5. The molecule has 0 bridgehead atoms. The fourth-order valence-electron chi connectivity index (χ4n) is 3.99. The van der Waals surface area contributed by atoms with Crippen molar-refractivity contribution < 1.29 is 22.7 Å². The number of rotatable bonds is 4. The lowest BCUT2D eigenvalue weighted by Crippen LogP contribution is -2.37. The zero-order chi connectivity index (χ0) is 20.2. The highest BCUT2D eigenvalue weighted by molar-refractivity contribution is 5.85. The van der Waals surface area contributed by atoms with E-state index in [-0.39, 0.29) is 36.3 Å². The molecule has 0 radical (unpaired) electrons. The molecule has 1 aromatic rings. The summed E-state index contributed by atoms with van der Waals surface area (Å²) in [4.78, 5) is 12.1. The van der Waals surface area contributed by atoms with Gasteiger partial charge >= 0.3 is 12.1 Å². The van der Waals surface area contributed by atoms with E-state index in [0.717, 1.165) is 37.0 Å². The summed E-state index contributed by atoms with van der Waals surface area (Å²) in [7, 11) is 0. The van der Waals surface area contributed by atoms with E-state index in [1.807, 2.05) is 6.92 Å². The number of halogens is 4. The third-order valence-electron chi connectivity index (χ3n) is 5.43. The highest BCUT2D eigenvalue weighted by Gasteiger charge is 2.33. The van der Waals surface area contributed by atoms with E-state index in [1.165, 1.54) is 0 Å². The molecule has 2 N–H and O–H groups in total. The minimum absolute atomic E-state index is 0. The molecule has 1 saturated heterocycles. The Balaban J connectivity index is 0.00000392. The van der Waals surface area contributed by atoms with Crippen LogP contribution in [0.25, 0.3) is 0 Å². The van der Waals surface area contributed by atoms with Gasteiger partial charge in [-0.25, -0.2) is 0 Å². The van der Waals surface area contributed by atoms with Crippen molar-refractivity contribution in [2.75, 3.05) is 0 Å². The Morgan fingerprint density at radius 2 is 1.79 bits per heavy atom. The van der Waals surface area contributed by atoms with Gasteiger partial charge in [0.25, 0.3) is 0 Å². The van der Waals surface area contributed by atoms with Gasteiger partial charge < -0.3 is 10.5 Å². The molecule has 1 heterocycles. The summed E-state index contributed by atoms with van der Waals surface area (Å²) in [5.74, 6) is 0.464. The topological polar surface area (TPSA) is 52.3 Å². The minimum Gasteiger partial charge on any atom is -0.461 e. The van der Waals surface area contributed by atoms with Crippen molar-refractivity contribution in [2.24, 2.45) is 23.5 Å². The molecule has 7 heteroatoms. The quantitative estimate of drug-likeness (QED) is 0.663. The van der Waals surface area contributed by atoms with Crippen LogP contribution in [0.5, 0.6) is 0 Å². The molecule has 2 rings (SSSR count). The summed E-state index contributed by atoms with van der Waals surface area (Å²) < 4.78 is 44.0. The molecule has 1 aromatic carbocycles. The van der Waals surface area contributed by atoms with E-state index < -0.39 is 17.8 Å². The Morgan fingerprint density at radius 1 is 1.18 bits per heavy atom. The highest BCUT2D eigenvalue weighted by Crippen LogP contribution is 2.35. The van der Waals surface area contributed by atoms with Crippen LogP contribution in [0.15, 0.2) is 24.3 Å². The van der Waals surface area contributed by atoms with Crippen LogP contribution in [0, 0.1) is 17.8 Å². The summed E-state index contributed by atoms with van der Waals surface area (Å²) >= 11 is 0. The Kier molecular flexibility index (Phi) is 9.28. The number of hydrogen-bond donors (Lipinski definition) is 1. The normalized spacial score (nSPS) is 26.6. The Morgan fingerprint density at radius 3 is 2.32 bits per heavy atom. The molecule has 0 saturated carbocycles. The molecule has 4 atom stereocenters. The number of hydrogen-bond acceptors (Lipinski definition) is 3. The van der Waals surface area contributed by atoms with Crippen molar-refractivity contribution in [1.29, 1.82) is 0 Å². The second kappa shape index (κ2) is 10.5. The number of esters is 1. The maximum Gasteiger partial charge on any atom is 0.416 e. The van der Waals surface area contributed by atoms with Crippen molar-refractivity contribution >= 4 is 18.4 Å². The molecule has 1 fully saturated rings. The Labute approximate surface area is 171 Å². The predicted molar refractivity (Wildman–Crippen MR) is 106 cm³/mol. The van der Waals surface area contributed by atoms with Gasteiger partial charge in [-0.05, 0) is 68.1 Å². The lowest BCUT2D eigenvalue weighted by molar-refractivity contribution is -0.153. The number of cyclic esters (lactones) is 1. The zero-order valence-electron chi connectivity index (χ0n) is 16.7. The number of carbonyl (C=O) groups is 1. The van der Waals surface area contributed by atoms with Crippen molar-refractivity contribution in [1.82, 2.24) is 0 Å². The monoisotopic (exact) mass is 421 g/mol. The van der Waals surface area contributed by atoms with Gasteiger partial charge in [0.1, 0.15) is 12.1 Å². The standard InChI is InChI=1S/C21H30F3NO2.ClH/c1-13(2)11-18-14(3)27-20(26)19(25)6-4-5-16(18)12-15-7-9-17(10-8-15)21(22,23)24;/h7-10,13-14,16,18-19H,4-6,11-12,25H2,1-3H3;1H/t14-,16+,18-,19-;/m0./s1. The molecule has 0 spiro atoms. The first kappa shape index (κ1) is 24.8. The number of benzene rings is 1. The second-order valence-corrected chi connectivity index (χ2v) is 8.13. The largest absolute Gasteiger partial charge is 0.461 e. The fraction of sp³-hybridized carbons (Fsp3) is 0.667. The van der Waals surface area contributed by atoms with Gasteiger partial charge in [0.15, 0.2) is 0 Å². The van der Waals surface area contributed by atoms with Crippen molar-refractivity contribution in [3.8, 4) is 0 Å².